The van der Waals surface area contributed by atoms with E-state index in [2.05, 4.69) is 57.5 Å². The van der Waals surface area contributed by atoms with E-state index in [0.717, 1.165) is 36.3 Å². The fraction of sp³-hybridized carbons (Fsp3) is 0.812. The van der Waals surface area contributed by atoms with Gasteiger partial charge < -0.3 is 18.3 Å². The van der Waals surface area contributed by atoms with Gasteiger partial charge in [-0.1, -0.05) is 71.3 Å². The number of hydrogen-bond donors (Lipinski definition) is 0. The lowest BCUT2D eigenvalue weighted by molar-refractivity contribution is -0.180. The first-order chi connectivity index (χ1) is 20.0. The summed E-state index contributed by atoms with van der Waals surface area (Å²) in [7, 11) is -4.73. The molecular weight excluding hydrogens is 648 g/mol. The minimum Gasteiger partial charge on any atom is -0.426 e. The van der Waals surface area contributed by atoms with E-state index in [0.29, 0.717) is 17.6 Å². The van der Waals surface area contributed by atoms with Crippen LogP contribution in [-0.2, 0) is 32.7 Å². The van der Waals surface area contributed by atoms with Crippen molar-refractivity contribution < 1.29 is 37.5 Å². The highest BCUT2D eigenvalue weighted by Gasteiger charge is 2.75. The van der Waals surface area contributed by atoms with Crippen molar-refractivity contribution in [3.05, 3.63) is 11.1 Å². The summed E-state index contributed by atoms with van der Waals surface area (Å²) in [6.07, 6.45) is -3.53. The summed E-state index contributed by atoms with van der Waals surface area (Å²) >= 11 is 3.64. The molecule has 0 radical (unpaired) electrons. The van der Waals surface area contributed by atoms with Gasteiger partial charge >= 0.3 is 6.16 Å². The van der Waals surface area contributed by atoms with Crippen molar-refractivity contribution >= 4 is 56.1 Å². The molecule has 2 saturated carbocycles. The molecular formula is C32H51BrO8Si2. The van der Waals surface area contributed by atoms with Crippen LogP contribution < -0.4 is 0 Å². The molecule has 1 aliphatic heterocycles. The van der Waals surface area contributed by atoms with Gasteiger partial charge in [0.25, 0.3) is 0 Å². The fourth-order valence-corrected chi connectivity index (χ4v) is 14.9. The van der Waals surface area contributed by atoms with Gasteiger partial charge in [0.1, 0.15) is 6.10 Å². The highest BCUT2D eigenvalue weighted by Crippen LogP contribution is 2.63. The minimum absolute atomic E-state index is 0.125. The Morgan fingerprint density at radius 2 is 1.37 bits per heavy atom. The average molecular weight is 700 g/mol. The highest BCUT2D eigenvalue weighted by molar-refractivity contribution is 9.10. The summed E-state index contributed by atoms with van der Waals surface area (Å²) in [5, 5.41) is 0. The van der Waals surface area contributed by atoms with Gasteiger partial charge in [-0.05, 0) is 67.7 Å². The number of halogens is 1. The Labute approximate surface area is 267 Å². The third-order valence-corrected chi connectivity index (χ3v) is 22.3. The Hall–Kier alpha value is -1.15. The molecule has 0 aromatic rings. The number of ether oxygens (including phenoxy) is 2. The molecule has 0 amide bonds. The predicted octanol–water partition coefficient (Wildman–Crippen LogP) is 7.30. The van der Waals surface area contributed by atoms with Gasteiger partial charge in [-0.3, -0.25) is 14.4 Å². The van der Waals surface area contributed by atoms with E-state index in [1.807, 2.05) is 20.8 Å². The summed E-state index contributed by atoms with van der Waals surface area (Å²) < 4.78 is 26.4. The summed E-state index contributed by atoms with van der Waals surface area (Å²) in [6.45, 7) is 20.1. The van der Waals surface area contributed by atoms with E-state index in [1.54, 1.807) is 6.92 Å². The van der Waals surface area contributed by atoms with E-state index in [1.165, 1.54) is 0 Å². The number of ketones is 3. The Morgan fingerprint density at radius 1 is 0.860 bits per heavy atom. The lowest BCUT2D eigenvalue weighted by Crippen LogP contribution is -2.72. The molecule has 1 saturated heterocycles. The zero-order chi connectivity index (χ0) is 32.3. The largest absolute Gasteiger partial charge is 0.509 e. The van der Waals surface area contributed by atoms with Gasteiger partial charge in [-0.15, -0.1) is 0 Å². The first-order valence-electron chi connectivity index (χ1n) is 16.3. The third-order valence-electron chi connectivity index (χ3n) is 12.2. The van der Waals surface area contributed by atoms with Crippen molar-refractivity contribution in [2.24, 2.45) is 16.7 Å². The Morgan fingerprint density at radius 3 is 1.88 bits per heavy atom. The second kappa shape index (κ2) is 11.9. The summed E-state index contributed by atoms with van der Waals surface area (Å²) in [5.74, 6) is -1.77. The molecule has 11 heteroatoms. The van der Waals surface area contributed by atoms with Crippen molar-refractivity contribution in [2.75, 3.05) is 0 Å². The van der Waals surface area contributed by atoms with E-state index < -0.39 is 68.3 Å². The predicted molar refractivity (Wildman–Crippen MR) is 173 cm³/mol. The number of Topliss-reactive ketones (excluding diaryl/α,β-unsaturated/α-hetero) is 3. The molecule has 8 nitrogen and oxygen atoms in total. The third kappa shape index (κ3) is 4.93. The Kier molecular flexibility index (Phi) is 9.61. The number of allylic oxidation sites excluding steroid dienone is 1. The number of fused-ring (bicyclic) bond motifs is 3. The van der Waals surface area contributed by atoms with E-state index >= 15 is 4.79 Å². The molecule has 1 spiro atoms. The van der Waals surface area contributed by atoms with Crippen LogP contribution in [0.1, 0.15) is 82.1 Å². The normalized spacial score (nSPS) is 36.0. The molecule has 0 aromatic carbocycles. The zero-order valence-corrected chi connectivity index (χ0v) is 31.3. The number of carbonyl (C=O) groups excluding carboxylic acids is 4. The zero-order valence-electron chi connectivity index (χ0n) is 27.7. The molecule has 1 heterocycles. The summed E-state index contributed by atoms with van der Waals surface area (Å²) in [4.78, 5) is 56.3. The van der Waals surface area contributed by atoms with Crippen LogP contribution in [0.4, 0.5) is 4.79 Å². The van der Waals surface area contributed by atoms with Crippen LogP contribution >= 0.6 is 15.9 Å². The molecule has 3 fully saturated rings. The second-order valence-electron chi connectivity index (χ2n) is 13.9. The van der Waals surface area contributed by atoms with Crippen LogP contribution in [0.25, 0.3) is 0 Å². The van der Waals surface area contributed by atoms with Crippen LogP contribution in [0.2, 0.25) is 36.3 Å². The van der Waals surface area contributed by atoms with Gasteiger partial charge in [0.15, 0.2) is 45.7 Å². The van der Waals surface area contributed by atoms with Gasteiger partial charge in [-0.25, -0.2) is 4.79 Å². The number of carbonyl (C=O) groups is 4. The number of alkyl halides is 1. The molecule has 4 rings (SSSR count). The van der Waals surface area contributed by atoms with Crippen LogP contribution in [0.15, 0.2) is 11.1 Å². The van der Waals surface area contributed by atoms with Gasteiger partial charge in [0.2, 0.25) is 0 Å². The smallest absolute Gasteiger partial charge is 0.426 e. The highest BCUT2D eigenvalue weighted by atomic mass is 79.9. The molecule has 0 aromatic heterocycles. The molecule has 4 aliphatic rings. The molecule has 43 heavy (non-hydrogen) atoms. The lowest BCUT2D eigenvalue weighted by Gasteiger charge is -2.59. The van der Waals surface area contributed by atoms with Gasteiger partial charge in [0.05, 0.1) is 28.7 Å². The standard InChI is InChI=1S/C32H51BrO8Si2/c1-11-42(12-2,13-3)40-22-17-20(33)25(35)24-28-32(39-29(37)38-28)18-21(34)19(7)23(30(32,8)9)26(27(36)31(22,24)10)41-43(14-4,15-5)16-6/h20,22,24,26,28H,11-18H2,1-10H3/t20-,22-,24-,26+,28-,31+,32+/m0/s1. The molecule has 2 bridgehead atoms. The van der Waals surface area contributed by atoms with E-state index in [4.69, 9.17) is 18.3 Å². The molecule has 3 aliphatic carbocycles. The molecule has 0 unspecified atom stereocenters. The van der Waals surface area contributed by atoms with Crippen LogP contribution in [0.5, 0.6) is 0 Å². The maximum atomic E-state index is 15.5. The SMILES string of the molecule is CC[Si](CC)(CC)O[C@H]1C(=O)[C@]2(C)[C@@H](O[Si](CC)(CC)CC)C[C@H](Br)C(=O)[C@H]2[C@@H]2OC(=O)O[C@]23CC(=O)C(C)=C1C3(C)C. The number of rotatable bonds is 10. The monoisotopic (exact) mass is 698 g/mol. The van der Waals surface area contributed by atoms with Crippen molar-refractivity contribution in [1.29, 1.82) is 0 Å². The van der Waals surface area contributed by atoms with Crippen molar-refractivity contribution in [1.82, 2.24) is 0 Å². The van der Waals surface area contributed by atoms with Gasteiger partial charge in [0, 0.05) is 5.41 Å². The summed E-state index contributed by atoms with van der Waals surface area (Å²) in [6, 6.07) is 5.03. The van der Waals surface area contributed by atoms with Crippen LogP contribution in [0.3, 0.4) is 0 Å². The van der Waals surface area contributed by atoms with Crippen molar-refractivity contribution in [3.63, 3.8) is 0 Å². The molecule has 7 atom stereocenters. The van der Waals surface area contributed by atoms with Gasteiger partial charge in [-0.2, -0.15) is 0 Å². The topological polar surface area (TPSA) is 105 Å². The van der Waals surface area contributed by atoms with E-state index in [-0.39, 0.29) is 23.8 Å². The fourth-order valence-electron chi connectivity index (χ4n) is 8.61. The lowest BCUT2D eigenvalue weighted by atomic mass is 9.48. The van der Waals surface area contributed by atoms with Crippen LogP contribution in [0, 0.1) is 16.7 Å². The molecule has 242 valence electrons. The maximum absolute atomic E-state index is 15.5. The minimum atomic E-state index is -2.45. The summed E-state index contributed by atoms with van der Waals surface area (Å²) in [5.41, 5.74) is -2.85. The maximum Gasteiger partial charge on any atom is 0.509 e. The van der Waals surface area contributed by atoms with Crippen molar-refractivity contribution in [2.45, 2.75) is 147 Å². The Bertz CT molecular complexity index is 1190. The first-order valence-corrected chi connectivity index (χ1v) is 22.2. The van der Waals surface area contributed by atoms with E-state index in [9.17, 15) is 14.4 Å². The average Bonchev–Trinajstić information content (AvgIpc) is 3.31. The second-order valence-corrected chi connectivity index (χ2v) is 24.4. The Balaban J connectivity index is 2.09. The molecule has 0 N–H and O–H groups in total. The van der Waals surface area contributed by atoms with Crippen molar-refractivity contribution in [3.8, 4) is 0 Å². The first kappa shape index (κ1) is 34.7. The quantitative estimate of drug-likeness (QED) is 0.133. The number of hydrogen-bond acceptors (Lipinski definition) is 8. The van der Waals surface area contributed by atoms with Crippen LogP contribution in [-0.4, -0.2) is 68.9 Å².